The number of carbonyl (C=O) groups is 1. The number of aromatic nitrogens is 1. The van der Waals surface area contributed by atoms with E-state index in [2.05, 4.69) is 10.3 Å². The van der Waals surface area contributed by atoms with Crippen LogP contribution >= 0.6 is 12.2 Å². The fourth-order valence-corrected chi connectivity index (χ4v) is 1.75. The zero-order valence-corrected chi connectivity index (χ0v) is 12.2. The summed E-state index contributed by atoms with van der Waals surface area (Å²) in [6, 6.07) is 3.74. The Balaban J connectivity index is 2.52. The van der Waals surface area contributed by atoms with Crippen LogP contribution in [-0.4, -0.2) is 40.9 Å². The van der Waals surface area contributed by atoms with Crippen molar-refractivity contribution in [2.24, 2.45) is 5.73 Å². The summed E-state index contributed by atoms with van der Waals surface area (Å²) < 4.78 is 0. The lowest BCUT2D eigenvalue weighted by Gasteiger charge is -2.16. The minimum Gasteiger partial charge on any atom is -0.388 e. The standard InChI is InChI=1S/C13H20N4OS/c1-3-5-16-12(18)9-17(2)8-10-4-6-15-11(7-10)13(14)19/h4,6-7H,3,5,8-9H2,1-2H3,(H2,14,19)(H,16,18). The quantitative estimate of drug-likeness (QED) is 0.719. The first kappa shape index (κ1) is 15.5. The SMILES string of the molecule is CCCNC(=O)CN(C)Cc1ccnc(C(N)=S)c1. The summed E-state index contributed by atoms with van der Waals surface area (Å²) in [5, 5.41) is 2.84. The number of amides is 1. The van der Waals surface area contributed by atoms with Crippen molar-refractivity contribution in [1.29, 1.82) is 0 Å². The molecule has 19 heavy (non-hydrogen) atoms. The normalized spacial score (nSPS) is 10.5. The van der Waals surface area contributed by atoms with Crippen molar-refractivity contribution in [2.75, 3.05) is 20.1 Å². The summed E-state index contributed by atoms with van der Waals surface area (Å²) in [5.41, 5.74) is 7.18. The van der Waals surface area contributed by atoms with Gasteiger partial charge >= 0.3 is 0 Å². The Labute approximate surface area is 119 Å². The van der Waals surface area contributed by atoms with Gasteiger partial charge in [0.15, 0.2) is 0 Å². The van der Waals surface area contributed by atoms with E-state index in [0.29, 0.717) is 25.3 Å². The van der Waals surface area contributed by atoms with Gasteiger partial charge in [0.2, 0.25) is 5.91 Å². The fraction of sp³-hybridized carbons (Fsp3) is 0.462. The Bertz CT molecular complexity index is 450. The molecular formula is C13H20N4OS. The number of nitrogens with two attached hydrogens (primary N) is 1. The first-order valence-electron chi connectivity index (χ1n) is 6.23. The third-order valence-electron chi connectivity index (χ3n) is 2.51. The van der Waals surface area contributed by atoms with Crippen LogP contribution < -0.4 is 11.1 Å². The van der Waals surface area contributed by atoms with Crippen molar-refractivity contribution >= 4 is 23.1 Å². The number of hydrogen-bond donors (Lipinski definition) is 2. The van der Waals surface area contributed by atoms with Crippen LogP contribution in [0.15, 0.2) is 18.3 Å². The maximum absolute atomic E-state index is 11.6. The topological polar surface area (TPSA) is 71.2 Å². The molecule has 6 heteroatoms. The molecule has 0 bridgehead atoms. The highest BCUT2D eigenvalue weighted by Crippen LogP contribution is 2.05. The van der Waals surface area contributed by atoms with E-state index >= 15 is 0 Å². The summed E-state index contributed by atoms with van der Waals surface area (Å²) in [6.07, 6.45) is 2.62. The molecule has 1 amide bonds. The van der Waals surface area contributed by atoms with Crippen LogP contribution in [0.1, 0.15) is 24.6 Å². The lowest BCUT2D eigenvalue weighted by Crippen LogP contribution is -2.35. The van der Waals surface area contributed by atoms with Crippen molar-refractivity contribution in [1.82, 2.24) is 15.2 Å². The lowest BCUT2D eigenvalue weighted by atomic mass is 10.2. The summed E-state index contributed by atoms with van der Waals surface area (Å²) in [7, 11) is 1.90. The Kier molecular flexibility index (Phi) is 6.38. The minimum atomic E-state index is 0.0352. The molecule has 0 spiro atoms. The molecule has 1 heterocycles. The van der Waals surface area contributed by atoms with E-state index in [1.807, 2.05) is 31.0 Å². The van der Waals surface area contributed by atoms with Crippen LogP contribution in [0, 0.1) is 0 Å². The second-order valence-corrected chi connectivity index (χ2v) is 4.88. The van der Waals surface area contributed by atoms with Gasteiger partial charge in [-0.2, -0.15) is 0 Å². The molecule has 0 saturated heterocycles. The van der Waals surface area contributed by atoms with E-state index in [0.717, 1.165) is 12.0 Å². The van der Waals surface area contributed by atoms with Gasteiger partial charge < -0.3 is 11.1 Å². The number of thiocarbonyl (C=S) groups is 1. The fourth-order valence-electron chi connectivity index (χ4n) is 1.64. The Morgan fingerprint density at radius 1 is 1.58 bits per heavy atom. The molecule has 0 aliphatic carbocycles. The first-order chi connectivity index (χ1) is 9.02. The maximum atomic E-state index is 11.6. The highest BCUT2D eigenvalue weighted by atomic mass is 32.1. The number of pyridine rings is 1. The second-order valence-electron chi connectivity index (χ2n) is 4.44. The number of hydrogen-bond acceptors (Lipinski definition) is 4. The molecule has 0 saturated carbocycles. The van der Waals surface area contributed by atoms with Crippen molar-refractivity contribution in [3.05, 3.63) is 29.6 Å². The van der Waals surface area contributed by atoms with Crippen LogP contribution in [-0.2, 0) is 11.3 Å². The molecule has 1 rings (SSSR count). The van der Waals surface area contributed by atoms with E-state index < -0.39 is 0 Å². The third kappa shape index (κ3) is 5.76. The average Bonchev–Trinajstić information content (AvgIpc) is 2.36. The molecule has 0 aromatic carbocycles. The average molecular weight is 280 g/mol. The van der Waals surface area contributed by atoms with Crippen molar-refractivity contribution in [3.8, 4) is 0 Å². The molecule has 0 aliphatic rings. The van der Waals surface area contributed by atoms with Crippen LogP contribution in [0.25, 0.3) is 0 Å². The first-order valence-corrected chi connectivity index (χ1v) is 6.63. The summed E-state index contributed by atoms with van der Waals surface area (Å²) in [6.45, 7) is 3.76. The largest absolute Gasteiger partial charge is 0.388 e. The highest BCUT2D eigenvalue weighted by Gasteiger charge is 2.07. The Morgan fingerprint density at radius 3 is 2.95 bits per heavy atom. The summed E-state index contributed by atoms with van der Waals surface area (Å²) in [4.78, 5) is 17.9. The van der Waals surface area contributed by atoms with E-state index in [4.69, 9.17) is 18.0 Å². The molecule has 3 N–H and O–H groups in total. The molecule has 1 aromatic rings. The number of nitrogens with one attached hydrogen (secondary N) is 1. The minimum absolute atomic E-state index is 0.0352. The smallest absolute Gasteiger partial charge is 0.234 e. The highest BCUT2D eigenvalue weighted by molar-refractivity contribution is 7.80. The molecular weight excluding hydrogens is 260 g/mol. The van der Waals surface area contributed by atoms with Gasteiger partial charge in [-0.1, -0.05) is 19.1 Å². The summed E-state index contributed by atoms with van der Waals surface area (Å²) >= 11 is 4.89. The molecule has 104 valence electrons. The van der Waals surface area contributed by atoms with Gasteiger partial charge in [-0.3, -0.25) is 14.7 Å². The van der Waals surface area contributed by atoms with Crippen LogP contribution in [0.4, 0.5) is 0 Å². The predicted octanol–water partition coefficient (Wildman–Crippen LogP) is 0.674. The molecule has 5 nitrogen and oxygen atoms in total. The molecule has 0 unspecified atom stereocenters. The monoisotopic (exact) mass is 280 g/mol. The van der Waals surface area contributed by atoms with E-state index in [1.165, 1.54) is 0 Å². The van der Waals surface area contributed by atoms with Gasteiger partial charge in [0.25, 0.3) is 0 Å². The van der Waals surface area contributed by atoms with Gasteiger partial charge in [-0.05, 0) is 31.2 Å². The number of carbonyl (C=O) groups excluding carboxylic acids is 1. The van der Waals surface area contributed by atoms with Crippen LogP contribution in [0.5, 0.6) is 0 Å². The maximum Gasteiger partial charge on any atom is 0.234 e. The third-order valence-corrected chi connectivity index (χ3v) is 2.72. The number of nitrogens with zero attached hydrogens (tertiary/aromatic N) is 2. The van der Waals surface area contributed by atoms with Crippen molar-refractivity contribution in [2.45, 2.75) is 19.9 Å². The molecule has 1 aromatic heterocycles. The molecule has 0 fully saturated rings. The second kappa shape index (κ2) is 7.81. The zero-order valence-electron chi connectivity index (χ0n) is 11.3. The van der Waals surface area contributed by atoms with Gasteiger partial charge in [0.05, 0.1) is 12.2 Å². The zero-order chi connectivity index (χ0) is 14.3. The Hall–Kier alpha value is -1.53. The molecule has 0 atom stereocenters. The van der Waals surface area contributed by atoms with Gasteiger partial charge in [-0.25, -0.2) is 0 Å². The van der Waals surface area contributed by atoms with E-state index in [9.17, 15) is 4.79 Å². The lowest BCUT2D eigenvalue weighted by molar-refractivity contribution is -0.122. The van der Waals surface area contributed by atoms with Crippen LogP contribution in [0.3, 0.4) is 0 Å². The van der Waals surface area contributed by atoms with Crippen LogP contribution in [0.2, 0.25) is 0 Å². The van der Waals surface area contributed by atoms with Gasteiger partial charge in [0, 0.05) is 19.3 Å². The molecule has 0 radical (unpaired) electrons. The van der Waals surface area contributed by atoms with Gasteiger partial charge in [0.1, 0.15) is 4.99 Å². The molecule has 0 aliphatic heterocycles. The van der Waals surface area contributed by atoms with Gasteiger partial charge in [-0.15, -0.1) is 0 Å². The number of rotatable bonds is 7. The predicted molar refractivity (Wildman–Crippen MR) is 79.8 cm³/mol. The summed E-state index contributed by atoms with van der Waals surface area (Å²) in [5.74, 6) is 0.0352. The van der Waals surface area contributed by atoms with E-state index in [1.54, 1.807) is 6.20 Å². The Morgan fingerprint density at radius 2 is 2.32 bits per heavy atom. The van der Waals surface area contributed by atoms with Crippen molar-refractivity contribution in [3.63, 3.8) is 0 Å². The number of likely N-dealkylation sites (N-methyl/N-ethyl adjacent to an activating group) is 1. The van der Waals surface area contributed by atoms with Crippen molar-refractivity contribution < 1.29 is 4.79 Å². The van der Waals surface area contributed by atoms with E-state index in [-0.39, 0.29) is 10.9 Å².